The van der Waals surface area contributed by atoms with Gasteiger partial charge in [-0.3, -0.25) is 4.99 Å². The average Bonchev–Trinajstić information content (AvgIpc) is 3.02. The Morgan fingerprint density at radius 3 is 2.61 bits per heavy atom. The van der Waals surface area contributed by atoms with Crippen LogP contribution in [0.2, 0.25) is 0 Å². The maximum atomic E-state index is 5.66. The van der Waals surface area contributed by atoms with Crippen LogP contribution in [0, 0.1) is 34.5 Å². The Balaban J connectivity index is 1.69. The van der Waals surface area contributed by atoms with E-state index in [1.165, 1.54) is 44.9 Å². The molecule has 23 heavy (non-hydrogen) atoms. The molecule has 5 aliphatic carbocycles. The van der Waals surface area contributed by atoms with Gasteiger partial charge in [0.25, 0.3) is 0 Å². The molecule has 0 aromatic rings. The van der Waals surface area contributed by atoms with Crippen LogP contribution in [0.3, 0.4) is 0 Å². The zero-order valence-corrected chi connectivity index (χ0v) is 15.0. The predicted octanol–water partition coefficient (Wildman–Crippen LogP) is 5.57. The molecule has 6 atom stereocenters. The fourth-order valence-electron chi connectivity index (χ4n) is 7.26. The van der Waals surface area contributed by atoms with Crippen molar-refractivity contribution < 1.29 is 0 Å². The van der Waals surface area contributed by atoms with E-state index < -0.39 is 0 Å². The van der Waals surface area contributed by atoms with Crippen molar-refractivity contribution in [2.45, 2.75) is 71.3 Å². The molecule has 1 spiro atoms. The van der Waals surface area contributed by atoms with Gasteiger partial charge < -0.3 is 0 Å². The fourth-order valence-corrected chi connectivity index (χ4v) is 7.26. The second-order valence-electron chi connectivity index (χ2n) is 9.65. The minimum absolute atomic E-state index is 0.181. The molecule has 6 rings (SSSR count). The number of allylic oxidation sites excluding steroid dienone is 4. The van der Waals surface area contributed by atoms with Gasteiger partial charge in [-0.2, -0.15) is 0 Å². The van der Waals surface area contributed by atoms with Crippen molar-refractivity contribution >= 4 is 5.71 Å². The third kappa shape index (κ3) is 1.62. The Kier molecular flexibility index (Phi) is 2.78. The summed E-state index contributed by atoms with van der Waals surface area (Å²) in [7, 11) is 0. The van der Waals surface area contributed by atoms with Crippen LogP contribution in [0.4, 0.5) is 0 Å². The summed E-state index contributed by atoms with van der Waals surface area (Å²) in [4.78, 5) is 5.66. The summed E-state index contributed by atoms with van der Waals surface area (Å²) in [5.41, 5.74) is 2.36. The highest BCUT2D eigenvalue weighted by Gasteiger charge is 2.65. The molecule has 2 fully saturated rings. The Morgan fingerprint density at radius 2 is 1.83 bits per heavy atom. The number of aliphatic imine (C=N–C) groups is 1. The topological polar surface area (TPSA) is 12.4 Å². The van der Waals surface area contributed by atoms with Gasteiger partial charge in [0.05, 0.1) is 5.54 Å². The quantitative estimate of drug-likeness (QED) is 0.518. The zero-order valence-electron chi connectivity index (χ0n) is 15.0. The Hall–Kier alpha value is -0.850. The Morgan fingerprint density at radius 1 is 1.04 bits per heavy atom. The van der Waals surface area contributed by atoms with E-state index in [2.05, 4.69) is 45.1 Å². The van der Waals surface area contributed by atoms with Crippen LogP contribution in [0.5, 0.6) is 0 Å². The number of nitrogens with zero attached hydrogens (tertiary/aromatic N) is 1. The smallest absolute Gasteiger partial charge is 0.0611 e. The molecular formula is C22H31N. The van der Waals surface area contributed by atoms with Gasteiger partial charge >= 0.3 is 0 Å². The van der Waals surface area contributed by atoms with E-state index in [9.17, 15) is 0 Å². The van der Waals surface area contributed by atoms with Gasteiger partial charge in [-0.15, -0.1) is 0 Å². The molecule has 0 amide bonds. The van der Waals surface area contributed by atoms with Gasteiger partial charge in [0.1, 0.15) is 0 Å². The molecule has 2 saturated carbocycles. The molecule has 6 aliphatic rings. The maximum absolute atomic E-state index is 5.66. The normalized spacial score (nSPS) is 52.4. The molecule has 0 unspecified atom stereocenters. The van der Waals surface area contributed by atoms with Gasteiger partial charge in [-0.25, -0.2) is 0 Å². The van der Waals surface area contributed by atoms with Crippen molar-refractivity contribution in [1.29, 1.82) is 0 Å². The molecule has 0 N–H and O–H groups in total. The molecule has 124 valence electrons. The molecule has 0 aromatic heterocycles. The Bertz CT molecular complexity index is 620. The second kappa shape index (κ2) is 4.41. The van der Waals surface area contributed by atoms with Crippen LogP contribution >= 0.6 is 0 Å². The number of rotatable bonds is 0. The van der Waals surface area contributed by atoms with E-state index in [-0.39, 0.29) is 5.41 Å². The van der Waals surface area contributed by atoms with E-state index >= 15 is 0 Å². The van der Waals surface area contributed by atoms with Crippen molar-refractivity contribution in [3.63, 3.8) is 0 Å². The highest BCUT2D eigenvalue weighted by molar-refractivity contribution is 6.00. The number of hydrogen-bond acceptors (Lipinski definition) is 1. The summed E-state index contributed by atoms with van der Waals surface area (Å²) < 4.78 is 0. The molecule has 1 nitrogen and oxygen atoms in total. The summed E-state index contributed by atoms with van der Waals surface area (Å²) in [5.74, 6) is 3.01. The highest BCUT2D eigenvalue weighted by atomic mass is 15.0. The first-order valence-corrected chi connectivity index (χ1v) is 9.96. The SMILES string of the molecule is C[C@H]1CC2(CCCCC2)N=C2[C@]1(C)[C@@H]1C=C[C@@]2(C)[C@H]2C=CC[C@@H]12. The lowest BCUT2D eigenvalue weighted by atomic mass is 9.41. The van der Waals surface area contributed by atoms with Gasteiger partial charge in [0, 0.05) is 16.5 Å². The first kappa shape index (κ1) is 14.5. The average molecular weight is 309 g/mol. The standard InChI is InChI=1S/C22H31N/c1-15-14-22(11-5-4-6-12-22)23-19-20(2)13-10-18(21(15,19)3)16-8-7-9-17(16)20/h7,9-10,13,15-18H,4-6,8,11-12,14H2,1-3H3/t15-,16+,17-,18+,20-,21-/m0/s1. The van der Waals surface area contributed by atoms with Crippen molar-refractivity contribution in [3.05, 3.63) is 24.3 Å². The first-order valence-electron chi connectivity index (χ1n) is 9.96. The van der Waals surface area contributed by atoms with Gasteiger partial charge in [0.2, 0.25) is 0 Å². The summed E-state index contributed by atoms with van der Waals surface area (Å²) in [6.45, 7) is 7.60. The summed E-state index contributed by atoms with van der Waals surface area (Å²) >= 11 is 0. The lowest BCUT2D eigenvalue weighted by molar-refractivity contribution is 0.0315. The fraction of sp³-hybridized carbons (Fsp3) is 0.773. The van der Waals surface area contributed by atoms with Crippen molar-refractivity contribution in [1.82, 2.24) is 0 Å². The third-order valence-corrected chi connectivity index (χ3v) is 8.57. The molecule has 0 radical (unpaired) electrons. The lowest BCUT2D eigenvalue weighted by Gasteiger charge is -2.64. The monoisotopic (exact) mass is 309 g/mol. The predicted molar refractivity (Wildman–Crippen MR) is 96.6 cm³/mol. The van der Waals surface area contributed by atoms with Crippen LogP contribution in [0.25, 0.3) is 0 Å². The molecule has 0 saturated heterocycles. The lowest BCUT2D eigenvalue weighted by Crippen LogP contribution is -2.64. The second-order valence-corrected chi connectivity index (χ2v) is 9.65. The minimum atomic E-state index is 0.181. The van der Waals surface area contributed by atoms with Crippen molar-refractivity contribution in [3.8, 4) is 0 Å². The third-order valence-electron chi connectivity index (χ3n) is 8.57. The molecule has 0 aromatic carbocycles. The van der Waals surface area contributed by atoms with Crippen LogP contribution in [0.1, 0.15) is 65.7 Å². The van der Waals surface area contributed by atoms with Gasteiger partial charge in [0.15, 0.2) is 0 Å². The molecule has 1 aliphatic heterocycles. The van der Waals surface area contributed by atoms with E-state index in [0.29, 0.717) is 22.8 Å². The minimum Gasteiger partial charge on any atom is -0.286 e. The van der Waals surface area contributed by atoms with E-state index in [1.807, 2.05) is 0 Å². The van der Waals surface area contributed by atoms with Crippen molar-refractivity contribution in [2.24, 2.45) is 39.5 Å². The largest absolute Gasteiger partial charge is 0.286 e. The van der Waals surface area contributed by atoms with Crippen LogP contribution in [-0.2, 0) is 0 Å². The van der Waals surface area contributed by atoms with Gasteiger partial charge in [-0.1, -0.05) is 64.3 Å². The molecule has 1 heterocycles. The van der Waals surface area contributed by atoms with Crippen molar-refractivity contribution in [2.75, 3.05) is 0 Å². The summed E-state index contributed by atoms with van der Waals surface area (Å²) in [5, 5.41) is 0. The van der Waals surface area contributed by atoms with Crippen LogP contribution < -0.4 is 0 Å². The van der Waals surface area contributed by atoms with E-state index in [0.717, 1.165) is 11.8 Å². The van der Waals surface area contributed by atoms with E-state index in [4.69, 9.17) is 4.99 Å². The summed E-state index contributed by atoms with van der Waals surface area (Å²) in [6, 6.07) is 0. The Labute approximate surface area is 141 Å². The molecule has 2 bridgehead atoms. The van der Waals surface area contributed by atoms with E-state index in [1.54, 1.807) is 5.71 Å². The summed E-state index contributed by atoms with van der Waals surface area (Å²) in [6.07, 6.45) is 19.6. The zero-order chi connectivity index (χ0) is 15.9. The molecule has 1 heteroatoms. The highest BCUT2D eigenvalue weighted by Crippen LogP contribution is 2.66. The molecular weight excluding hydrogens is 278 g/mol. The van der Waals surface area contributed by atoms with Crippen LogP contribution in [0.15, 0.2) is 29.3 Å². The van der Waals surface area contributed by atoms with Crippen LogP contribution in [-0.4, -0.2) is 11.3 Å². The number of hydrogen-bond donors (Lipinski definition) is 0. The maximum Gasteiger partial charge on any atom is 0.0611 e. The first-order chi connectivity index (χ1) is 11.0. The van der Waals surface area contributed by atoms with Gasteiger partial charge in [-0.05, 0) is 49.4 Å².